The number of rotatable bonds is 3. The van der Waals surface area contributed by atoms with Gasteiger partial charge in [0.15, 0.2) is 0 Å². The summed E-state index contributed by atoms with van der Waals surface area (Å²) in [6.45, 7) is 1.64. The number of carbonyl (C=O) groups is 1. The zero-order chi connectivity index (χ0) is 20.2. The van der Waals surface area contributed by atoms with Gasteiger partial charge in [-0.1, -0.05) is 18.2 Å². The first-order valence-electron chi connectivity index (χ1n) is 10.8. The maximum Gasteiger partial charge on any atom is 0.225 e. The third-order valence-corrected chi connectivity index (χ3v) is 6.61. The SMILES string of the molecule is Nc1cccn2c(C3CCN(C(=O)C4CC4)CC3)nc(-c3cc4ccccc4[nH]3)c12. The van der Waals surface area contributed by atoms with E-state index in [-0.39, 0.29) is 0 Å². The number of anilines is 1. The summed E-state index contributed by atoms with van der Waals surface area (Å²) in [5.41, 5.74) is 11.1. The highest BCUT2D eigenvalue weighted by atomic mass is 16.2. The summed E-state index contributed by atoms with van der Waals surface area (Å²) in [7, 11) is 0. The first kappa shape index (κ1) is 17.6. The normalized spacial score (nSPS) is 17.8. The molecular formula is C24H25N5O. The van der Waals surface area contributed by atoms with Crippen molar-refractivity contribution in [1.82, 2.24) is 19.3 Å². The molecule has 1 aliphatic heterocycles. The van der Waals surface area contributed by atoms with Crippen LogP contribution >= 0.6 is 0 Å². The van der Waals surface area contributed by atoms with Gasteiger partial charge in [-0.25, -0.2) is 4.98 Å². The topological polar surface area (TPSA) is 79.4 Å². The van der Waals surface area contributed by atoms with E-state index in [0.29, 0.717) is 17.7 Å². The molecule has 6 rings (SSSR count). The predicted octanol–water partition coefficient (Wildman–Crippen LogP) is 4.18. The summed E-state index contributed by atoms with van der Waals surface area (Å²) >= 11 is 0. The van der Waals surface area contributed by atoms with Crippen LogP contribution in [0.2, 0.25) is 0 Å². The van der Waals surface area contributed by atoms with Gasteiger partial charge in [0.25, 0.3) is 0 Å². The van der Waals surface area contributed by atoms with Crippen LogP contribution < -0.4 is 5.73 Å². The zero-order valence-corrected chi connectivity index (χ0v) is 16.8. The molecule has 3 N–H and O–H groups in total. The number of carbonyl (C=O) groups excluding carboxylic acids is 1. The Kier molecular flexibility index (Phi) is 3.88. The molecule has 1 saturated carbocycles. The molecular weight excluding hydrogens is 374 g/mol. The van der Waals surface area contributed by atoms with Crippen LogP contribution in [0.15, 0.2) is 48.7 Å². The van der Waals surface area contributed by atoms with Crippen LogP contribution in [-0.2, 0) is 4.79 Å². The smallest absolute Gasteiger partial charge is 0.225 e. The highest BCUT2D eigenvalue weighted by Crippen LogP contribution is 2.37. The maximum absolute atomic E-state index is 12.4. The van der Waals surface area contributed by atoms with Gasteiger partial charge in [-0.3, -0.25) is 4.79 Å². The van der Waals surface area contributed by atoms with Crippen LogP contribution in [0.1, 0.15) is 37.4 Å². The number of hydrogen-bond donors (Lipinski definition) is 2. The lowest BCUT2D eigenvalue weighted by Gasteiger charge is -2.31. The van der Waals surface area contributed by atoms with Crippen molar-refractivity contribution in [1.29, 1.82) is 0 Å². The molecule has 2 fully saturated rings. The van der Waals surface area contributed by atoms with Gasteiger partial charge >= 0.3 is 0 Å². The lowest BCUT2D eigenvalue weighted by molar-refractivity contribution is -0.133. The lowest BCUT2D eigenvalue weighted by atomic mass is 9.95. The summed E-state index contributed by atoms with van der Waals surface area (Å²) in [6.07, 6.45) is 6.08. The molecule has 3 aromatic heterocycles. The molecule has 0 bridgehead atoms. The minimum atomic E-state index is 0.294. The molecule has 4 heterocycles. The number of hydrogen-bond acceptors (Lipinski definition) is 3. The highest BCUT2D eigenvalue weighted by Gasteiger charge is 2.36. The number of imidazole rings is 1. The molecule has 0 spiro atoms. The molecule has 1 saturated heterocycles. The Labute approximate surface area is 174 Å². The Bertz CT molecular complexity index is 1220. The number of amides is 1. The minimum Gasteiger partial charge on any atom is -0.397 e. The number of fused-ring (bicyclic) bond motifs is 2. The zero-order valence-electron chi connectivity index (χ0n) is 16.8. The fraction of sp³-hybridized carbons (Fsp3) is 0.333. The van der Waals surface area contributed by atoms with Crippen molar-refractivity contribution < 1.29 is 4.79 Å². The standard InChI is InChI=1S/C24H25N5O/c25-18-5-3-11-29-22(18)21(20-14-17-4-1-2-6-19(17)26-20)27-23(29)15-9-12-28(13-10-15)24(30)16-7-8-16/h1-6,11,14-16,26H,7-10,12-13,25H2. The molecule has 6 heteroatoms. The van der Waals surface area contributed by atoms with Gasteiger partial charge in [0.1, 0.15) is 11.5 Å². The molecule has 1 aliphatic carbocycles. The molecule has 2 aliphatic rings. The highest BCUT2D eigenvalue weighted by molar-refractivity contribution is 5.92. The second-order valence-electron chi connectivity index (χ2n) is 8.64. The van der Waals surface area contributed by atoms with Gasteiger partial charge < -0.3 is 20.0 Å². The maximum atomic E-state index is 12.4. The molecule has 0 unspecified atom stereocenters. The van der Waals surface area contributed by atoms with E-state index in [1.54, 1.807) is 0 Å². The fourth-order valence-electron chi connectivity index (χ4n) is 4.81. The number of nitrogens with two attached hydrogens (primary N) is 1. The monoisotopic (exact) mass is 399 g/mol. The van der Waals surface area contributed by atoms with Crippen molar-refractivity contribution in [2.24, 2.45) is 5.92 Å². The molecule has 30 heavy (non-hydrogen) atoms. The van der Waals surface area contributed by atoms with E-state index in [1.165, 1.54) is 0 Å². The van der Waals surface area contributed by atoms with Crippen molar-refractivity contribution in [3.8, 4) is 11.4 Å². The second-order valence-corrected chi connectivity index (χ2v) is 8.64. The first-order valence-corrected chi connectivity index (χ1v) is 10.8. The van der Waals surface area contributed by atoms with Crippen LogP contribution in [0, 0.1) is 5.92 Å². The van der Waals surface area contributed by atoms with Gasteiger partial charge in [0.05, 0.1) is 16.9 Å². The summed E-state index contributed by atoms with van der Waals surface area (Å²) in [4.78, 5) is 23.1. The summed E-state index contributed by atoms with van der Waals surface area (Å²) in [6, 6.07) is 14.3. The third-order valence-electron chi connectivity index (χ3n) is 6.61. The Balaban J connectivity index is 1.39. The summed E-state index contributed by atoms with van der Waals surface area (Å²) in [5.74, 6) is 2.01. The minimum absolute atomic E-state index is 0.294. The molecule has 6 nitrogen and oxygen atoms in total. The molecule has 1 amide bonds. The Morgan fingerprint density at radius 3 is 2.63 bits per heavy atom. The summed E-state index contributed by atoms with van der Waals surface area (Å²) in [5, 5.41) is 1.16. The van der Waals surface area contributed by atoms with Crippen molar-refractivity contribution in [2.45, 2.75) is 31.6 Å². The van der Waals surface area contributed by atoms with Crippen molar-refractivity contribution >= 4 is 28.0 Å². The van der Waals surface area contributed by atoms with E-state index in [4.69, 9.17) is 10.7 Å². The number of nitrogens with one attached hydrogen (secondary N) is 1. The number of aromatic amines is 1. The van der Waals surface area contributed by atoms with Crippen molar-refractivity contribution in [3.63, 3.8) is 0 Å². The van der Waals surface area contributed by atoms with Crippen molar-refractivity contribution in [3.05, 3.63) is 54.5 Å². The Morgan fingerprint density at radius 1 is 1.07 bits per heavy atom. The molecule has 0 radical (unpaired) electrons. The average molecular weight is 399 g/mol. The lowest BCUT2D eigenvalue weighted by Crippen LogP contribution is -2.39. The Morgan fingerprint density at radius 2 is 1.87 bits per heavy atom. The molecule has 152 valence electrons. The average Bonchev–Trinajstić information content (AvgIpc) is 3.41. The number of aromatic nitrogens is 3. The predicted molar refractivity (Wildman–Crippen MR) is 118 cm³/mol. The van der Waals surface area contributed by atoms with E-state index in [9.17, 15) is 4.79 Å². The molecule has 1 aromatic carbocycles. The number of nitrogen functional groups attached to an aromatic ring is 1. The van der Waals surface area contributed by atoms with Gasteiger partial charge in [0.2, 0.25) is 5.91 Å². The van der Waals surface area contributed by atoms with E-state index < -0.39 is 0 Å². The van der Waals surface area contributed by atoms with Crippen LogP contribution in [0.4, 0.5) is 5.69 Å². The van der Waals surface area contributed by atoms with E-state index in [2.05, 4.69) is 38.7 Å². The number of likely N-dealkylation sites (tertiary alicyclic amines) is 1. The number of pyridine rings is 1. The van der Waals surface area contributed by atoms with Crippen molar-refractivity contribution in [2.75, 3.05) is 18.8 Å². The van der Waals surface area contributed by atoms with E-state index >= 15 is 0 Å². The molecule has 4 aromatic rings. The quantitative estimate of drug-likeness (QED) is 0.542. The van der Waals surface area contributed by atoms with Crippen LogP contribution in [0.25, 0.3) is 27.8 Å². The number of para-hydroxylation sites is 1. The number of nitrogens with zero attached hydrogens (tertiary/aromatic N) is 3. The number of benzene rings is 1. The molecule has 0 atom stereocenters. The fourth-order valence-corrected chi connectivity index (χ4v) is 4.81. The van der Waals surface area contributed by atoms with Crippen LogP contribution in [0.3, 0.4) is 0 Å². The van der Waals surface area contributed by atoms with Gasteiger partial charge in [0, 0.05) is 42.0 Å². The van der Waals surface area contributed by atoms with E-state index in [0.717, 1.165) is 78.1 Å². The summed E-state index contributed by atoms with van der Waals surface area (Å²) < 4.78 is 2.15. The van der Waals surface area contributed by atoms with Gasteiger partial charge in [-0.15, -0.1) is 0 Å². The second kappa shape index (κ2) is 6.62. The number of piperidine rings is 1. The van der Waals surface area contributed by atoms with Gasteiger partial charge in [-0.2, -0.15) is 0 Å². The van der Waals surface area contributed by atoms with Crippen LogP contribution in [-0.4, -0.2) is 38.3 Å². The van der Waals surface area contributed by atoms with Crippen LogP contribution in [0.5, 0.6) is 0 Å². The largest absolute Gasteiger partial charge is 0.397 e. The first-order chi connectivity index (χ1) is 14.7. The van der Waals surface area contributed by atoms with E-state index in [1.807, 2.05) is 24.3 Å². The third kappa shape index (κ3) is 2.78. The van der Waals surface area contributed by atoms with Gasteiger partial charge in [-0.05, 0) is 49.9 Å². The number of H-pyrrole nitrogens is 1. The Hall–Kier alpha value is -3.28.